The first-order valence-electron chi connectivity index (χ1n) is 7.24. The van der Waals surface area contributed by atoms with Gasteiger partial charge in [0, 0.05) is 6.04 Å². The Balaban J connectivity index is 2.09. The molecule has 0 aliphatic rings. The van der Waals surface area contributed by atoms with Crippen LogP contribution in [0.3, 0.4) is 0 Å². The average molecular weight is 320 g/mol. The second-order valence-electron chi connectivity index (χ2n) is 5.06. The van der Waals surface area contributed by atoms with Gasteiger partial charge < -0.3 is 0 Å². The van der Waals surface area contributed by atoms with Crippen LogP contribution in [0, 0.1) is 0 Å². The summed E-state index contributed by atoms with van der Waals surface area (Å²) in [4.78, 5) is 0. The van der Waals surface area contributed by atoms with E-state index in [0.29, 0.717) is 0 Å². The molecule has 0 nitrogen and oxygen atoms in total. The van der Waals surface area contributed by atoms with Gasteiger partial charge in [0.15, 0.2) is 0 Å². The molecule has 0 amide bonds. The lowest BCUT2D eigenvalue weighted by atomic mass is 10.2. The fourth-order valence-electron chi connectivity index (χ4n) is 2.38. The fourth-order valence-corrected chi connectivity index (χ4v) is 5.54. The largest absolute Gasteiger partial charge is 0.0832 e. The van der Waals surface area contributed by atoms with Gasteiger partial charge in [0.05, 0.1) is 0 Å². The van der Waals surface area contributed by atoms with E-state index < -0.39 is 6.04 Å². The zero-order chi connectivity index (χ0) is 15.3. The van der Waals surface area contributed by atoms with Gasteiger partial charge in [-0.15, -0.1) is 0 Å². The van der Waals surface area contributed by atoms with Crippen LogP contribution in [0.5, 0.6) is 0 Å². The molecule has 0 heterocycles. The minimum atomic E-state index is -1.94. The van der Waals surface area contributed by atoms with Crippen molar-refractivity contribution in [1.82, 2.24) is 0 Å². The SMILES string of the molecule is S=P(C=Cc1ccccc1)(c1ccccc1)c1ccccc1. The van der Waals surface area contributed by atoms with Crippen LogP contribution < -0.4 is 10.6 Å². The van der Waals surface area contributed by atoms with Gasteiger partial charge in [0.1, 0.15) is 0 Å². The standard InChI is InChI=1S/C20H17PS/c22-21(19-12-6-2-7-13-19,20-14-8-3-9-15-20)17-16-18-10-4-1-5-11-18/h1-17H. The van der Waals surface area contributed by atoms with Gasteiger partial charge in [-0.25, -0.2) is 0 Å². The molecule has 0 fully saturated rings. The van der Waals surface area contributed by atoms with E-state index in [2.05, 4.69) is 72.6 Å². The van der Waals surface area contributed by atoms with E-state index >= 15 is 0 Å². The minimum absolute atomic E-state index is 1.18. The topological polar surface area (TPSA) is 0 Å². The number of rotatable bonds is 4. The lowest BCUT2D eigenvalue weighted by molar-refractivity contribution is 1.66. The molecule has 0 spiro atoms. The van der Waals surface area contributed by atoms with Gasteiger partial charge in [-0.05, 0) is 22.0 Å². The molecule has 3 aromatic carbocycles. The summed E-state index contributed by atoms with van der Waals surface area (Å²) in [5, 5.41) is 2.45. The first kappa shape index (κ1) is 15.0. The Morgan fingerprint density at radius 1 is 0.591 bits per heavy atom. The summed E-state index contributed by atoms with van der Waals surface area (Å²) >= 11 is 6.16. The molecule has 0 atom stereocenters. The lowest BCUT2D eigenvalue weighted by Crippen LogP contribution is -2.13. The third-order valence-corrected chi connectivity index (χ3v) is 7.89. The average Bonchev–Trinajstić information content (AvgIpc) is 2.62. The van der Waals surface area contributed by atoms with Crippen LogP contribution in [0.1, 0.15) is 5.56 Å². The van der Waals surface area contributed by atoms with Crippen molar-refractivity contribution in [3.05, 3.63) is 102 Å². The molecule has 108 valence electrons. The lowest BCUT2D eigenvalue weighted by Gasteiger charge is -2.19. The molecule has 3 aromatic rings. The zero-order valence-corrected chi connectivity index (χ0v) is 13.9. The molecule has 0 saturated carbocycles. The fraction of sp³-hybridized carbons (Fsp3) is 0. The molecule has 22 heavy (non-hydrogen) atoms. The molecule has 2 heteroatoms. The van der Waals surface area contributed by atoms with Crippen LogP contribution in [0.25, 0.3) is 6.08 Å². The molecule has 3 rings (SSSR count). The minimum Gasteiger partial charge on any atom is -0.0832 e. The Kier molecular flexibility index (Phi) is 4.68. The molecule has 0 aliphatic carbocycles. The Morgan fingerprint density at radius 3 is 1.45 bits per heavy atom. The quantitative estimate of drug-likeness (QED) is 0.623. The molecule has 0 unspecified atom stereocenters. The van der Waals surface area contributed by atoms with E-state index in [-0.39, 0.29) is 0 Å². The van der Waals surface area contributed by atoms with Gasteiger partial charge in [-0.3, -0.25) is 0 Å². The highest BCUT2D eigenvalue weighted by Gasteiger charge is 2.18. The second-order valence-corrected chi connectivity index (χ2v) is 9.43. The first-order valence-corrected chi connectivity index (χ1v) is 10.1. The van der Waals surface area contributed by atoms with Crippen molar-refractivity contribution in [2.75, 3.05) is 0 Å². The van der Waals surface area contributed by atoms with Crippen molar-refractivity contribution in [2.45, 2.75) is 0 Å². The summed E-state index contributed by atoms with van der Waals surface area (Å²) in [5.74, 6) is 2.22. The Bertz CT molecular complexity index is 749. The molecule has 0 N–H and O–H groups in total. The van der Waals surface area contributed by atoms with E-state index in [1.807, 2.05) is 30.3 Å². The molecule has 0 radical (unpaired) electrons. The molecule has 0 aromatic heterocycles. The monoisotopic (exact) mass is 320 g/mol. The van der Waals surface area contributed by atoms with Crippen LogP contribution in [0.15, 0.2) is 96.8 Å². The number of benzene rings is 3. The van der Waals surface area contributed by atoms with Crippen molar-refractivity contribution in [2.24, 2.45) is 0 Å². The molecule has 0 saturated heterocycles. The molecule has 0 bridgehead atoms. The van der Waals surface area contributed by atoms with Crippen molar-refractivity contribution >= 4 is 34.5 Å². The summed E-state index contributed by atoms with van der Waals surface area (Å²) in [5.41, 5.74) is 1.18. The zero-order valence-electron chi connectivity index (χ0n) is 12.2. The second kappa shape index (κ2) is 6.87. The number of hydrogen-bond acceptors (Lipinski definition) is 1. The maximum absolute atomic E-state index is 6.16. The molecular weight excluding hydrogens is 303 g/mol. The van der Waals surface area contributed by atoms with Crippen LogP contribution in [0.4, 0.5) is 0 Å². The molecular formula is C20H17PS. The number of hydrogen-bond donors (Lipinski definition) is 0. The van der Waals surface area contributed by atoms with E-state index in [0.717, 1.165) is 0 Å². The van der Waals surface area contributed by atoms with Crippen LogP contribution in [0.2, 0.25) is 0 Å². The Labute approximate surface area is 137 Å². The summed E-state index contributed by atoms with van der Waals surface area (Å²) in [6.45, 7) is 0. The highest BCUT2D eigenvalue weighted by Crippen LogP contribution is 2.45. The Hall–Kier alpha value is -1.95. The van der Waals surface area contributed by atoms with Gasteiger partial charge in [0.2, 0.25) is 0 Å². The van der Waals surface area contributed by atoms with Gasteiger partial charge in [-0.2, -0.15) is 0 Å². The van der Waals surface area contributed by atoms with Gasteiger partial charge >= 0.3 is 0 Å². The molecule has 0 aliphatic heterocycles. The smallest absolute Gasteiger partial charge is 0.0310 e. The van der Waals surface area contributed by atoms with Crippen LogP contribution in [-0.4, -0.2) is 0 Å². The van der Waals surface area contributed by atoms with Gasteiger partial charge in [0.25, 0.3) is 0 Å². The summed E-state index contributed by atoms with van der Waals surface area (Å²) in [6.07, 6.45) is 2.15. The summed E-state index contributed by atoms with van der Waals surface area (Å²) < 4.78 is 0. The normalized spacial score (nSPS) is 11.6. The third-order valence-electron chi connectivity index (χ3n) is 3.56. The van der Waals surface area contributed by atoms with Crippen molar-refractivity contribution < 1.29 is 0 Å². The highest BCUT2D eigenvalue weighted by molar-refractivity contribution is 8.23. The predicted octanol–water partition coefficient (Wildman–Crippen LogP) is 4.79. The highest BCUT2D eigenvalue weighted by atomic mass is 32.4. The van der Waals surface area contributed by atoms with Crippen LogP contribution >= 0.6 is 6.04 Å². The predicted molar refractivity (Wildman–Crippen MR) is 102 cm³/mol. The maximum Gasteiger partial charge on any atom is 0.0310 e. The van der Waals surface area contributed by atoms with E-state index in [1.54, 1.807) is 0 Å². The van der Waals surface area contributed by atoms with E-state index in [9.17, 15) is 0 Å². The van der Waals surface area contributed by atoms with E-state index in [1.165, 1.54) is 16.2 Å². The van der Waals surface area contributed by atoms with Gasteiger partial charge in [-0.1, -0.05) is 109 Å². The van der Waals surface area contributed by atoms with Crippen molar-refractivity contribution in [3.8, 4) is 0 Å². The van der Waals surface area contributed by atoms with Crippen molar-refractivity contribution in [3.63, 3.8) is 0 Å². The summed E-state index contributed by atoms with van der Waals surface area (Å²) in [6, 6.07) is 29.3. The Morgan fingerprint density at radius 2 is 1.00 bits per heavy atom. The maximum atomic E-state index is 6.16. The van der Waals surface area contributed by atoms with Crippen molar-refractivity contribution in [1.29, 1.82) is 0 Å². The van der Waals surface area contributed by atoms with Crippen LogP contribution in [-0.2, 0) is 11.8 Å². The van der Waals surface area contributed by atoms with E-state index in [4.69, 9.17) is 11.8 Å². The first-order chi connectivity index (χ1) is 10.8. The summed E-state index contributed by atoms with van der Waals surface area (Å²) in [7, 11) is 0. The third kappa shape index (κ3) is 3.27.